The second kappa shape index (κ2) is 4.77. The molecule has 1 unspecified atom stereocenters. The Bertz CT molecular complexity index is 522. The Morgan fingerprint density at radius 1 is 1.40 bits per heavy atom. The number of rotatable bonds is 4. The van der Waals surface area contributed by atoms with Crippen LogP contribution in [0, 0.1) is 0 Å². The predicted molar refractivity (Wildman–Crippen MR) is 75.9 cm³/mol. The van der Waals surface area contributed by atoms with Gasteiger partial charge in [0.15, 0.2) is 0 Å². The maximum absolute atomic E-state index is 11.2. The highest BCUT2D eigenvalue weighted by atomic mass is 16.5. The molecule has 0 aromatic heterocycles. The van der Waals surface area contributed by atoms with Gasteiger partial charge in [0.1, 0.15) is 11.4 Å². The second-order valence-electron chi connectivity index (χ2n) is 6.42. The Labute approximate surface area is 119 Å². The number of aliphatic carboxylic acids is 1. The molecule has 4 heteroatoms. The first-order valence-corrected chi connectivity index (χ1v) is 7.22. The lowest BCUT2D eigenvalue weighted by Gasteiger charge is -2.42. The Morgan fingerprint density at radius 3 is 2.75 bits per heavy atom. The number of hydrogen-bond donors (Lipinski definition) is 1. The third kappa shape index (κ3) is 2.66. The summed E-state index contributed by atoms with van der Waals surface area (Å²) in [5.74, 6) is 0.142. The standard InChI is InChI=1S/C16H21NO3/c1-16(2)9-13(12-5-3-4-6-14(12)20-16)17(10-15(18)19)11-7-8-11/h3-6,11,13H,7-10H2,1-2H3,(H,18,19). The lowest BCUT2D eigenvalue weighted by molar-refractivity contribution is -0.139. The highest BCUT2D eigenvalue weighted by molar-refractivity contribution is 5.69. The smallest absolute Gasteiger partial charge is 0.317 e. The van der Waals surface area contributed by atoms with Gasteiger partial charge >= 0.3 is 5.97 Å². The summed E-state index contributed by atoms with van der Waals surface area (Å²) in [5.41, 5.74) is 0.866. The van der Waals surface area contributed by atoms with Crippen molar-refractivity contribution in [3.63, 3.8) is 0 Å². The van der Waals surface area contributed by atoms with Crippen LogP contribution in [0.4, 0.5) is 0 Å². The molecule has 1 heterocycles. The maximum Gasteiger partial charge on any atom is 0.317 e. The molecule has 1 aromatic carbocycles. The normalized spacial score (nSPS) is 24.1. The third-order valence-corrected chi connectivity index (χ3v) is 4.08. The van der Waals surface area contributed by atoms with Crippen LogP contribution in [-0.4, -0.2) is 34.2 Å². The number of carboxylic acids is 1. The zero-order chi connectivity index (χ0) is 14.3. The molecule has 1 aromatic rings. The van der Waals surface area contributed by atoms with Crippen LogP contribution in [0.15, 0.2) is 24.3 Å². The van der Waals surface area contributed by atoms with Crippen molar-refractivity contribution >= 4 is 5.97 Å². The van der Waals surface area contributed by atoms with Crippen molar-refractivity contribution in [2.75, 3.05) is 6.54 Å². The minimum Gasteiger partial charge on any atom is -0.487 e. The van der Waals surface area contributed by atoms with Crippen molar-refractivity contribution in [1.82, 2.24) is 4.90 Å². The van der Waals surface area contributed by atoms with Gasteiger partial charge in [-0.2, -0.15) is 0 Å². The van der Waals surface area contributed by atoms with Crippen molar-refractivity contribution in [2.24, 2.45) is 0 Å². The van der Waals surface area contributed by atoms with Crippen LogP contribution in [0.5, 0.6) is 5.75 Å². The predicted octanol–water partition coefficient (Wildman–Crippen LogP) is 2.84. The average molecular weight is 275 g/mol. The minimum absolute atomic E-state index is 0.111. The number of nitrogens with zero attached hydrogens (tertiary/aromatic N) is 1. The van der Waals surface area contributed by atoms with Gasteiger partial charge in [0.05, 0.1) is 6.54 Å². The van der Waals surface area contributed by atoms with Crippen LogP contribution in [0.25, 0.3) is 0 Å². The Kier molecular flexibility index (Phi) is 3.21. The van der Waals surface area contributed by atoms with Gasteiger partial charge in [0.2, 0.25) is 0 Å². The van der Waals surface area contributed by atoms with E-state index in [2.05, 4.69) is 24.8 Å². The maximum atomic E-state index is 11.2. The first-order chi connectivity index (χ1) is 9.46. The number of hydrogen-bond acceptors (Lipinski definition) is 3. The number of fused-ring (bicyclic) bond motifs is 1. The molecule has 20 heavy (non-hydrogen) atoms. The number of ether oxygens (including phenoxy) is 1. The first kappa shape index (κ1) is 13.4. The summed E-state index contributed by atoms with van der Waals surface area (Å²) in [6, 6.07) is 8.56. The van der Waals surface area contributed by atoms with E-state index in [1.807, 2.05) is 18.2 Å². The Balaban J connectivity index is 1.96. The van der Waals surface area contributed by atoms with E-state index < -0.39 is 5.97 Å². The van der Waals surface area contributed by atoms with Gasteiger partial charge in [0, 0.05) is 24.1 Å². The largest absolute Gasteiger partial charge is 0.487 e. The van der Waals surface area contributed by atoms with Gasteiger partial charge in [0.25, 0.3) is 0 Å². The summed E-state index contributed by atoms with van der Waals surface area (Å²) in [4.78, 5) is 13.3. The van der Waals surface area contributed by atoms with E-state index in [1.54, 1.807) is 0 Å². The summed E-state index contributed by atoms with van der Waals surface area (Å²) in [6.45, 7) is 4.25. The molecule has 1 atom stereocenters. The van der Waals surface area contributed by atoms with Gasteiger partial charge < -0.3 is 9.84 Å². The van der Waals surface area contributed by atoms with E-state index >= 15 is 0 Å². The van der Waals surface area contributed by atoms with Crippen LogP contribution in [-0.2, 0) is 4.79 Å². The molecule has 0 amide bonds. The van der Waals surface area contributed by atoms with E-state index in [0.29, 0.717) is 6.04 Å². The van der Waals surface area contributed by atoms with Crippen LogP contribution >= 0.6 is 0 Å². The van der Waals surface area contributed by atoms with E-state index in [1.165, 1.54) is 0 Å². The molecule has 3 rings (SSSR count). The average Bonchev–Trinajstić information content (AvgIpc) is 3.18. The zero-order valence-electron chi connectivity index (χ0n) is 12.0. The van der Waals surface area contributed by atoms with Crippen molar-refractivity contribution in [3.8, 4) is 5.75 Å². The zero-order valence-corrected chi connectivity index (χ0v) is 12.0. The van der Waals surface area contributed by atoms with Crippen LogP contribution in [0.1, 0.15) is 44.7 Å². The molecular formula is C16H21NO3. The van der Waals surface area contributed by atoms with Gasteiger partial charge in [-0.25, -0.2) is 0 Å². The highest BCUT2D eigenvalue weighted by Crippen LogP contribution is 2.45. The fraction of sp³-hybridized carbons (Fsp3) is 0.562. The second-order valence-corrected chi connectivity index (χ2v) is 6.42. The molecule has 2 aliphatic rings. The van der Waals surface area contributed by atoms with Crippen molar-refractivity contribution in [1.29, 1.82) is 0 Å². The van der Waals surface area contributed by atoms with E-state index in [-0.39, 0.29) is 18.2 Å². The minimum atomic E-state index is -0.751. The fourth-order valence-electron chi connectivity index (χ4n) is 3.12. The molecule has 1 saturated carbocycles. The van der Waals surface area contributed by atoms with Gasteiger partial charge in [-0.1, -0.05) is 18.2 Å². The first-order valence-electron chi connectivity index (χ1n) is 7.22. The van der Waals surface area contributed by atoms with E-state index in [0.717, 1.165) is 30.6 Å². The topological polar surface area (TPSA) is 49.8 Å². The molecular weight excluding hydrogens is 254 g/mol. The van der Waals surface area contributed by atoms with Gasteiger partial charge in [-0.15, -0.1) is 0 Å². The van der Waals surface area contributed by atoms with Gasteiger partial charge in [-0.05, 0) is 32.8 Å². The molecule has 108 valence electrons. The lowest BCUT2D eigenvalue weighted by atomic mass is 9.88. The molecule has 4 nitrogen and oxygen atoms in total. The molecule has 0 bridgehead atoms. The highest BCUT2D eigenvalue weighted by Gasteiger charge is 2.42. The van der Waals surface area contributed by atoms with E-state index in [9.17, 15) is 9.90 Å². The number of carbonyl (C=O) groups is 1. The number of para-hydroxylation sites is 1. The Hall–Kier alpha value is -1.55. The van der Waals surface area contributed by atoms with Crippen LogP contribution in [0.3, 0.4) is 0 Å². The van der Waals surface area contributed by atoms with Gasteiger partial charge in [-0.3, -0.25) is 9.69 Å². The van der Waals surface area contributed by atoms with Crippen molar-refractivity contribution in [3.05, 3.63) is 29.8 Å². The summed E-state index contributed by atoms with van der Waals surface area (Å²) in [5, 5.41) is 9.20. The summed E-state index contributed by atoms with van der Waals surface area (Å²) >= 11 is 0. The molecule has 0 radical (unpaired) electrons. The fourth-order valence-corrected chi connectivity index (χ4v) is 3.12. The lowest BCUT2D eigenvalue weighted by Crippen LogP contribution is -2.44. The van der Waals surface area contributed by atoms with Crippen LogP contribution in [0.2, 0.25) is 0 Å². The SMILES string of the molecule is CC1(C)CC(N(CC(=O)O)C2CC2)c2ccccc2O1. The molecule has 1 N–H and O–H groups in total. The van der Waals surface area contributed by atoms with E-state index in [4.69, 9.17) is 4.74 Å². The number of benzene rings is 1. The van der Waals surface area contributed by atoms with Crippen molar-refractivity contribution in [2.45, 2.75) is 50.8 Å². The van der Waals surface area contributed by atoms with Crippen LogP contribution < -0.4 is 4.74 Å². The molecule has 1 aliphatic heterocycles. The summed E-state index contributed by atoms with van der Waals surface area (Å²) in [7, 11) is 0. The third-order valence-electron chi connectivity index (χ3n) is 4.08. The molecule has 0 spiro atoms. The van der Waals surface area contributed by atoms with Crippen molar-refractivity contribution < 1.29 is 14.6 Å². The summed E-state index contributed by atoms with van der Waals surface area (Å²) in [6.07, 6.45) is 3.04. The Morgan fingerprint density at radius 2 is 2.10 bits per heavy atom. The quantitative estimate of drug-likeness (QED) is 0.918. The molecule has 1 aliphatic carbocycles. The molecule has 0 saturated heterocycles. The monoisotopic (exact) mass is 275 g/mol. The number of carboxylic acid groups (broad SMARTS) is 1. The summed E-state index contributed by atoms with van der Waals surface area (Å²) < 4.78 is 6.03. The molecule has 1 fully saturated rings.